The zero-order chi connectivity index (χ0) is 21.4. The standard InChI is InChI=1S/C21H19F3N4O2/c1-11-5-13(21(22,23)24)6-16(29)17(11)15-4-3-12-8-28(26-18(12)25-15)10-20-7-14(20)19(30)27(2)9-20/h3-6,8,14,29H,7,9-10H2,1-2H3/t14-,20?/m0/s1. The van der Waals surface area contributed by atoms with Crippen molar-refractivity contribution < 1.29 is 23.1 Å². The Bertz CT molecular complexity index is 1180. The summed E-state index contributed by atoms with van der Waals surface area (Å²) in [5.74, 6) is -0.230. The van der Waals surface area contributed by atoms with E-state index in [0.717, 1.165) is 17.9 Å². The Labute approximate surface area is 169 Å². The normalized spacial score (nSPS) is 23.3. The SMILES string of the molecule is Cc1cc(C(F)(F)F)cc(O)c1-c1ccc2cn(CC34C[C@H]3C(=O)N(C)C4)nc2n1. The van der Waals surface area contributed by atoms with Gasteiger partial charge in [0.15, 0.2) is 5.65 Å². The van der Waals surface area contributed by atoms with Gasteiger partial charge in [0.05, 0.1) is 11.3 Å². The lowest BCUT2D eigenvalue weighted by Gasteiger charge is -2.15. The molecule has 1 aromatic carbocycles. The second-order valence-electron chi connectivity index (χ2n) is 8.43. The van der Waals surface area contributed by atoms with Crippen molar-refractivity contribution in [3.05, 3.63) is 41.6 Å². The van der Waals surface area contributed by atoms with Crippen LogP contribution in [-0.4, -0.2) is 44.3 Å². The molecule has 30 heavy (non-hydrogen) atoms. The summed E-state index contributed by atoms with van der Waals surface area (Å²) in [4.78, 5) is 18.3. The predicted molar refractivity (Wildman–Crippen MR) is 103 cm³/mol. The fraction of sp³-hybridized carbons (Fsp3) is 0.381. The Morgan fingerprint density at radius 3 is 2.70 bits per heavy atom. The first-order valence-corrected chi connectivity index (χ1v) is 9.58. The number of carbonyl (C=O) groups excluding carboxylic acids is 1. The number of alkyl halides is 3. The summed E-state index contributed by atoms with van der Waals surface area (Å²) in [7, 11) is 1.81. The molecule has 5 rings (SSSR count). The van der Waals surface area contributed by atoms with Crippen molar-refractivity contribution >= 4 is 16.9 Å². The Morgan fingerprint density at radius 2 is 2.07 bits per heavy atom. The molecule has 1 saturated heterocycles. The molecule has 2 fully saturated rings. The van der Waals surface area contributed by atoms with Gasteiger partial charge in [-0.15, -0.1) is 0 Å². The number of benzene rings is 1. The number of pyridine rings is 1. The molecule has 3 heterocycles. The van der Waals surface area contributed by atoms with Crippen LogP contribution in [0.2, 0.25) is 0 Å². The molecule has 2 aromatic heterocycles. The number of halogens is 3. The van der Waals surface area contributed by atoms with Gasteiger partial charge in [0.25, 0.3) is 0 Å². The van der Waals surface area contributed by atoms with E-state index in [2.05, 4.69) is 10.1 Å². The number of phenols is 1. The molecule has 0 bridgehead atoms. The zero-order valence-electron chi connectivity index (χ0n) is 16.4. The number of aromatic nitrogens is 3. The van der Waals surface area contributed by atoms with Crippen LogP contribution >= 0.6 is 0 Å². The Hall–Kier alpha value is -3.10. The van der Waals surface area contributed by atoms with E-state index >= 15 is 0 Å². The highest BCUT2D eigenvalue weighted by Crippen LogP contribution is 2.59. The Morgan fingerprint density at radius 1 is 1.30 bits per heavy atom. The molecule has 6 nitrogen and oxygen atoms in total. The fourth-order valence-electron chi connectivity index (χ4n) is 4.67. The van der Waals surface area contributed by atoms with Crippen LogP contribution in [0.15, 0.2) is 30.5 Å². The van der Waals surface area contributed by atoms with Gasteiger partial charge in [0.1, 0.15) is 5.75 Å². The summed E-state index contributed by atoms with van der Waals surface area (Å²) >= 11 is 0. The van der Waals surface area contributed by atoms with Crippen molar-refractivity contribution in [3.8, 4) is 17.0 Å². The number of amides is 1. The summed E-state index contributed by atoms with van der Waals surface area (Å²) in [6, 6.07) is 5.16. The zero-order valence-corrected chi connectivity index (χ0v) is 16.4. The maximum absolute atomic E-state index is 13.0. The molecule has 156 valence electrons. The minimum Gasteiger partial charge on any atom is -0.507 e. The van der Waals surface area contributed by atoms with Crippen LogP contribution in [0.5, 0.6) is 5.75 Å². The highest BCUT2D eigenvalue weighted by atomic mass is 19.4. The summed E-state index contributed by atoms with van der Waals surface area (Å²) in [5, 5.41) is 15.5. The number of rotatable bonds is 3. The van der Waals surface area contributed by atoms with Crippen molar-refractivity contribution in [2.75, 3.05) is 13.6 Å². The molecule has 1 aliphatic heterocycles. The lowest BCUT2D eigenvalue weighted by molar-refractivity contribution is -0.137. The van der Waals surface area contributed by atoms with Crippen molar-refractivity contribution in [2.45, 2.75) is 26.1 Å². The molecule has 9 heteroatoms. The maximum atomic E-state index is 13.0. The van der Waals surface area contributed by atoms with Crippen molar-refractivity contribution in [1.82, 2.24) is 19.7 Å². The maximum Gasteiger partial charge on any atom is 0.416 e. The number of hydrogen-bond acceptors (Lipinski definition) is 4. The first-order valence-electron chi connectivity index (χ1n) is 9.58. The lowest BCUT2D eigenvalue weighted by Crippen LogP contribution is -2.26. The third kappa shape index (κ3) is 2.83. The monoisotopic (exact) mass is 416 g/mol. The number of piperidine rings is 1. The van der Waals surface area contributed by atoms with Gasteiger partial charge in [-0.25, -0.2) is 4.98 Å². The smallest absolute Gasteiger partial charge is 0.416 e. The number of nitrogens with zero attached hydrogens (tertiary/aromatic N) is 4. The third-order valence-electron chi connectivity index (χ3n) is 6.21. The molecule has 0 radical (unpaired) electrons. The number of aromatic hydroxyl groups is 1. The fourth-order valence-corrected chi connectivity index (χ4v) is 4.67. The van der Waals surface area contributed by atoms with Crippen LogP contribution in [0.1, 0.15) is 17.5 Å². The molecular formula is C21H19F3N4O2. The van der Waals surface area contributed by atoms with Crippen LogP contribution in [-0.2, 0) is 17.5 Å². The Balaban J connectivity index is 1.47. The van der Waals surface area contributed by atoms with Gasteiger partial charge < -0.3 is 10.0 Å². The number of aryl methyl sites for hydroxylation is 1. The van der Waals surface area contributed by atoms with E-state index in [0.29, 0.717) is 30.5 Å². The van der Waals surface area contributed by atoms with Gasteiger partial charge in [-0.2, -0.15) is 18.3 Å². The number of likely N-dealkylation sites (tertiary alicyclic amines) is 1. The van der Waals surface area contributed by atoms with E-state index in [-0.39, 0.29) is 28.4 Å². The average Bonchev–Trinajstić information content (AvgIpc) is 3.09. The highest BCUT2D eigenvalue weighted by molar-refractivity contribution is 5.85. The first kappa shape index (κ1) is 18.9. The molecule has 2 aliphatic rings. The summed E-state index contributed by atoms with van der Waals surface area (Å²) in [6.07, 6.45) is -1.81. The molecule has 1 amide bonds. The van der Waals surface area contributed by atoms with E-state index in [1.54, 1.807) is 21.7 Å². The quantitative estimate of drug-likeness (QED) is 0.708. The van der Waals surface area contributed by atoms with Crippen LogP contribution in [0.3, 0.4) is 0 Å². The van der Waals surface area contributed by atoms with E-state index in [1.807, 2.05) is 13.2 Å². The Kier molecular flexibility index (Phi) is 3.76. The van der Waals surface area contributed by atoms with Gasteiger partial charge in [0, 0.05) is 48.6 Å². The van der Waals surface area contributed by atoms with Gasteiger partial charge in [0.2, 0.25) is 5.91 Å². The molecule has 3 aromatic rings. The number of hydrogen-bond donors (Lipinski definition) is 1. The van der Waals surface area contributed by atoms with Crippen LogP contribution in [0, 0.1) is 18.3 Å². The van der Waals surface area contributed by atoms with Gasteiger partial charge >= 0.3 is 6.18 Å². The lowest BCUT2D eigenvalue weighted by atomic mass is 10.00. The van der Waals surface area contributed by atoms with Gasteiger partial charge in [-0.1, -0.05) is 0 Å². The van der Waals surface area contributed by atoms with E-state index in [4.69, 9.17) is 0 Å². The summed E-state index contributed by atoms with van der Waals surface area (Å²) in [6.45, 7) is 2.84. The average molecular weight is 416 g/mol. The van der Waals surface area contributed by atoms with Crippen molar-refractivity contribution in [2.24, 2.45) is 11.3 Å². The molecule has 1 unspecified atom stereocenters. The van der Waals surface area contributed by atoms with E-state index in [9.17, 15) is 23.1 Å². The minimum atomic E-state index is -4.54. The van der Waals surface area contributed by atoms with Crippen LogP contribution in [0.4, 0.5) is 13.2 Å². The van der Waals surface area contributed by atoms with E-state index < -0.39 is 17.5 Å². The molecule has 1 N–H and O–H groups in total. The topological polar surface area (TPSA) is 71.2 Å². The number of carbonyl (C=O) groups is 1. The number of phenolic OH excluding ortho intramolecular Hbond substituents is 1. The summed E-state index contributed by atoms with van der Waals surface area (Å²) < 4.78 is 40.7. The highest BCUT2D eigenvalue weighted by Gasteiger charge is 2.64. The minimum absolute atomic E-state index is 0.0603. The van der Waals surface area contributed by atoms with Gasteiger partial charge in [-0.3, -0.25) is 9.48 Å². The van der Waals surface area contributed by atoms with E-state index in [1.165, 1.54) is 6.92 Å². The summed E-state index contributed by atoms with van der Waals surface area (Å²) in [5.41, 5.74) is 0.358. The second kappa shape index (κ2) is 5.96. The molecular weight excluding hydrogens is 397 g/mol. The molecule has 0 spiro atoms. The molecule has 1 saturated carbocycles. The van der Waals surface area contributed by atoms with Crippen LogP contribution in [0.25, 0.3) is 22.3 Å². The first-order chi connectivity index (χ1) is 14.1. The number of fused-ring (bicyclic) bond motifs is 2. The van der Waals surface area contributed by atoms with Crippen LogP contribution < -0.4 is 0 Å². The molecule has 2 atom stereocenters. The molecule has 1 aliphatic carbocycles. The van der Waals surface area contributed by atoms with Crippen molar-refractivity contribution in [3.63, 3.8) is 0 Å². The second-order valence-corrected chi connectivity index (χ2v) is 8.43. The predicted octanol–water partition coefficient (Wildman–Crippen LogP) is 3.61. The third-order valence-corrected chi connectivity index (χ3v) is 6.21. The largest absolute Gasteiger partial charge is 0.507 e. The van der Waals surface area contributed by atoms with Crippen molar-refractivity contribution in [1.29, 1.82) is 0 Å². The van der Waals surface area contributed by atoms with Gasteiger partial charge in [-0.05, 0) is 43.2 Å².